The molecule has 15 rings (SSSR count). The van der Waals surface area contributed by atoms with E-state index in [1.807, 2.05) is 4.98 Å². The average Bonchev–Trinajstić information content (AvgIpc) is 1.52. The van der Waals surface area contributed by atoms with Gasteiger partial charge in [-0.15, -0.1) is 0 Å². The summed E-state index contributed by atoms with van der Waals surface area (Å²) < 4.78 is 140. The number of nitrogens with zero attached hydrogens (tertiary/aromatic N) is 11. The number of fused-ring (bicyclic) bond motifs is 1. The van der Waals surface area contributed by atoms with E-state index in [9.17, 15) is 91.6 Å². The van der Waals surface area contributed by atoms with Crippen LogP contribution in [-0.4, -0.2) is 207 Å². The van der Waals surface area contributed by atoms with E-state index in [4.69, 9.17) is 175 Å². The molecule has 7 fully saturated rings. The fourth-order valence-corrected chi connectivity index (χ4v) is 25.6. The molecule has 28 atom stereocenters. The molecule has 8 aromatic heterocycles. The molecule has 0 spiro atoms. The van der Waals surface area contributed by atoms with Gasteiger partial charge in [0, 0.05) is 116 Å². The van der Waals surface area contributed by atoms with Crippen molar-refractivity contribution in [1.82, 2.24) is 76.8 Å². The Morgan fingerprint density at radius 1 is 0.400 bits per heavy atom. The molecule has 8 aromatic rings. The zero-order valence-corrected chi connectivity index (χ0v) is 85.0. The van der Waals surface area contributed by atoms with Gasteiger partial charge in [-0.1, -0.05) is 70.8 Å². The molecule has 71 heteroatoms. The maximum atomic E-state index is 14.9. The molecule has 0 saturated carbocycles. The third-order valence-corrected chi connectivity index (χ3v) is 33.0. The van der Waals surface area contributed by atoms with Crippen LogP contribution in [0.1, 0.15) is 123 Å². The van der Waals surface area contributed by atoms with Crippen molar-refractivity contribution in [3.05, 3.63) is 198 Å². The Morgan fingerprint density at radius 3 is 1.06 bits per heavy atom. The molecule has 768 valence electrons. The summed E-state index contributed by atoms with van der Waals surface area (Å²) in [4.78, 5) is 263. The number of nitrogens with two attached hydrogens (primary N) is 2. The lowest BCUT2D eigenvalue weighted by molar-refractivity contribution is -0.221. The first-order chi connectivity index (χ1) is 65.6. The smallest absolute Gasteiger partial charge is 0.351 e. The van der Waals surface area contributed by atoms with Crippen molar-refractivity contribution >= 4 is 153 Å². The predicted octanol–water partition coefficient (Wildman–Crippen LogP) is -4.47. The molecule has 0 radical (unpaired) electrons. The Bertz CT molecular complexity index is 7140. The van der Waals surface area contributed by atoms with Crippen LogP contribution in [0, 0.1) is 34.6 Å². The third-order valence-electron chi connectivity index (χ3n) is 22.8. The van der Waals surface area contributed by atoms with Gasteiger partial charge in [-0.3, -0.25) is 85.4 Å². The van der Waals surface area contributed by atoms with Crippen LogP contribution in [0.5, 0.6) is 0 Å². The molecule has 57 nitrogen and oxygen atoms in total. The Balaban J connectivity index is 0.634. The molecule has 7 saturated heterocycles. The fraction of sp³-hybridized carbons (Fsp3) is 0.580. The zero-order valence-electron chi connectivity index (χ0n) is 73.0. The quantitative estimate of drug-likeness (QED) is 0.0133. The summed E-state index contributed by atoms with van der Waals surface area (Å²) >= 11 is 37.1. The lowest BCUT2D eigenvalue weighted by atomic mass is 10.2. The van der Waals surface area contributed by atoms with Crippen LogP contribution in [0.25, 0.3) is 11.2 Å². The van der Waals surface area contributed by atoms with Crippen LogP contribution in [0.2, 0.25) is 0 Å². The van der Waals surface area contributed by atoms with Crippen molar-refractivity contribution < 1.29 is 131 Å². The first kappa shape index (κ1) is 108. The first-order valence-electron chi connectivity index (χ1n) is 41.6. The van der Waals surface area contributed by atoms with E-state index in [1.165, 1.54) is 64.8 Å². The van der Waals surface area contributed by atoms with E-state index in [1.54, 1.807) is 0 Å². The second kappa shape index (κ2) is 43.3. The molecular formula is C69H84N18O39P7S7-7. The molecule has 15 heterocycles. The van der Waals surface area contributed by atoms with Gasteiger partial charge in [0.05, 0.1) is 94.8 Å². The summed E-state index contributed by atoms with van der Waals surface area (Å²) in [5.41, 5.74) is 3.41. The Labute approximate surface area is 820 Å². The average molecular weight is 2230 g/mol. The number of H-pyrrole nitrogens is 5. The first-order valence-corrected chi connectivity index (χ1v) is 59.5. The van der Waals surface area contributed by atoms with Crippen molar-refractivity contribution in [1.29, 1.82) is 0 Å². The summed E-state index contributed by atoms with van der Waals surface area (Å²) in [7, 11) is 0. The van der Waals surface area contributed by atoms with Crippen LogP contribution in [0.4, 0.5) is 11.6 Å². The van der Waals surface area contributed by atoms with Gasteiger partial charge >= 0.3 is 34.1 Å². The van der Waals surface area contributed by atoms with Crippen molar-refractivity contribution in [2.24, 2.45) is 0 Å². The van der Waals surface area contributed by atoms with E-state index in [0.717, 1.165) is 64.6 Å². The Hall–Kier alpha value is -6.17. The number of rotatable bonds is 39. The van der Waals surface area contributed by atoms with Gasteiger partial charge in [-0.05, 0) is 41.5 Å². The fourth-order valence-electron chi connectivity index (χ4n) is 15.9. The van der Waals surface area contributed by atoms with Gasteiger partial charge in [0.25, 0.3) is 27.8 Å². The number of aromatic nitrogens is 16. The predicted molar refractivity (Wildman–Crippen MR) is 491 cm³/mol. The van der Waals surface area contributed by atoms with E-state index in [2.05, 4.69) is 51.7 Å². The highest BCUT2D eigenvalue weighted by atomic mass is 32.7. The zero-order chi connectivity index (χ0) is 101. The highest BCUT2D eigenvalue weighted by Crippen LogP contribution is 2.56. The van der Waals surface area contributed by atoms with Crippen molar-refractivity contribution in [2.45, 2.75) is 216 Å². The van der Waals surface area contributed by atoms with Crippen LogP contribution >= 0.6 is 47.1 Å². The molecule has 14 unspecified atom stereocenters. The maximum absolute atomic E-state index is 14.9. The van der Waals surface area contributed by atoms with Crippen molar-refractivity contribution in [3.8, 4) is 0 Å². The topological polar surface area (TPSA) is 765 Å². The van der Waals surface area contributed by atoms with Gasteiger partial charge in [0.1, 0.15) is 138 Å². The lowest BCUT2D eigenvalue weighted by Gasteiger charge is -2.36. The highest BCUT2D eigenvalue weighted by molar-refractivity contribution is 8.32. The normalized spacial score (nSPS) is 30.1. The summed E-state index contributed by atoms with van der Waals surface area (Å²) in [5.74, 6) is -0.225. The number of aryl methyl sites for hydroxylation is 5. The van der Waals surface area contributed by atoms with Gasteiger partial charge in [-0.2, -0.15) is 4.98 Å². The Morgan fingerprint density at radius 2 is 0.700 bits per heavy atom. The number of nitrogen functional groups attached to an aromatic ring is 2. The maximum Gasteiger partial charge on any atom is 0.351 e. The van der Waals surface area contributed by atoms with Crippen LogP contribution in [-0.2, 0) is 180 Å². The van der Waals surface area contributed by atoms with Crippen molar-refractivity contribution in [3.63, 3.8) is 0 Å². The minimum atomic E-state index is -5.05. The number of ether oxygens (including phenoxy) is 7. The molecule has 0 bridgehead atoms. The lowest BCUT2D eigenvalue weighted by Crippen LogP contribution is -2.35. The third kappa shape index (κ3) is 26.3. The molecule has 0 amide bonds. The molecule has 10 N–H and O–H groups in total. The monoisotopic (exact) mass is 2230 g/mol. The molecule has 0 aliphatic carbocycles. The number of hydrogen-bond donors (Lipinski definition) is 8. The van der Waals surface area contributed by atoms with E-state index in [-0.39, 0.29) is 69.9 Å². The Kier molecular flexibility index (Phi) is 33.4. The molecule has 0 aromatic carbocycles. The largest absolute Gasteiger partial charge is 0.780 e. The van der Waals surface area contributed by atoms with Gasteiger partial charge in [0.15, 0.2) is 18.3 Å². The summed E-state index contributed by atoms with van der Waals surface area (Å²) in [6.07, 6.45) is -23.1. The summed E-state index contributed by atoms with van der Waals surface area (Å²) in [5, 5.41) is 0. The van der Waals surface area contributed by atoms with Crippen LogP contribution in [0.3, 0.4) is 0 Å². The van der Waals surface area contributed by atoms with Gasteiger partial charge in [-0.25, -0.2) is 43.7 Å². The highest BCUT2D eigenvalue weighted by Gasteiger charge is 2.49. The SMILES string of the molecule is Cc1cn([C@H]2CC(OP([O-])(=S)OC[C@H]3O[C@@H](n4cnc5c(N)ncnc54)CC3OP([O-])(=S)OC[C@H]3O[C@@H](n4cc(C)c(=O)[nH]c4=O)CC3OP([O-])(=S)OC[C@H]3O[C@@H](n4cc(C)c(=O)[nH]c4=O)CC3OP([O-])(=S)OC[C@H]3O[C@@H](n4ccc(=O)[nH]c4=O)CC3OP([O-])(O)=S)[C@@H](COP(=O)([S-])OC3C[C@H](n4cc(C)c(=O)[nH]c4=O)O[C@@H]3COP([O-])(=S)OC3C[C@H](n4cc(C)c(=O)[nH]c4=O)O[C@@H]3C)O2)c(=O)nc1N. The second-order valence-corrected chi connectivity index (χ2v) is 51.4. The van der Waals surface area contributed by atoms with Crippen molar-refractivity contribution in [2.75, 3.05) is 51.1 Å². The number of aromatic amines is 5. The summed E-state index contributed by atoms with van der Waals surface area (Å²) in [6.45, 7) is -31.1. The van der Waals surface area contributed by atoms with Crippen LogP contribution in [0.15, 0.2) is 109 Å². The number of nitrogens with one attached hydrogen (secondary N) is 5. The van der Waals surface area contributed by atoms with Crippen LogP contribution < -0.4 is 103 Å². The van der Waals surface area contributed by atoms with E-state index >= 15 is 0 Å². The molecule has 140 heavy (non-hydrogen) atoms. The minimum Gasteiger partial charge on any atom is -0.780 e. The standard InChI is InChI=1S/C69H91N18O39P7S7/c1-29-16-82(65(94)76-57(29)70)51-11-37(44(115-51)23-109-130(103,137)124-38-12-52(84-18-31(3)61(90)78-67(84)96)116-43(38)22-107-128(101,135)121-35-9-50(113-34(35)6)83-17-30(2)60(89)77-66(83)95)122-132(105,139)112-26-47-41(15-55(119-47)87-28-74-56-58(71)72-27-73-59(56)87)126-133(106,140)111-25-46-40(14-54(118-46)86-20-33(5)63(92)80-69(86)98)125-131(104,138)110-24-45-39(13-53(117-45)85-19-32(4)62(91)79-68(85)97)123-129(102,136)108-21-42-36(120-127(99,100)134)10-49(114-42)81-8-7-48(88)75-64(81)93/h7-8,16-20,27-28,34-47,49-55H,9-15,21-26H2,1-6H3,(H,101,135)(H,102,136)(H,103,137)(H,104,138)(H,105,139)(H,106,140)(H2,70,76,94)(H2,71,72,73)(H,75,88,93)(H,77,89,95)(H,78,90,96)(H,79,91,97)(H,80,92,98)(H2,99,100,134)/p-7/t34-,35?,36?,37?,38?,39?,40?,41?,42-,43-,44-,45-,46-,47-,49-,50-,51-,52-,53-,54-,55-,128?,129?,130?,131?,132?,133?/m1/s1. The number of anilines is 2. The second-order valence-electron chi connectivity index (χ2n) is 32.7. The molecule has 7 aliphatic rings. The van der Waals surface area contributed by atoms with E-state index < -0.39 is 303 Å². The van der Waals surface area contributed by atoms with Gasteiger partial charge < -0.3 is 150 Å². The van der Waals surface area contributed by atoms with Gasteiger partial charge in [0.2, 0.25) is 0 Å². The number of hydrogen-bond acceptors (Lipinski definition) is 51. The molecular weight excluding hydrogens is 2150 g/mol. The minimum absolute atomic E-state index is 0.00848. The number of imidazole rings is 1. The summed E-state index contributed by atoms with van der Waals surface area (Å²) in [6, 6.07) is 0.984. The van der Waals surface area contributed by atoms with E-state index in [0.29, 0.717) is 0 Å². The molecule has 7 aliphatic heterocycles.